The highest BCUT2D eigenvalue weighted by atomic mass is 19.1. The lowest BCUT2D eigenvalue weighted by Gasteiger charge is -2.13. The van der Waals surface area contributed by atoms with Crippen molar-refractivity contribution in [2.75, 3.05) is 16.4 Å². The number of aromatic nitrogens is 3. The van der Waals surface area contributed by atoms with Crippen LogP contribution in [0.1, 0.15) is 37.6 Å². The normalized spacial score (nSPS) is 11.4. The highest BCUT2D eigenvalue weighted by molar-refractivity contribution is 5.99. The molecule has 7 nitrogen and oxygen atoms in total. The average Bonchev–Trinajstić information content (AvgIpc) is 3.03. The molecule has 1 aromatic carbocycles. The summed E-state index contributed by atoms with van der Waals surface area (Å²) in [4.78, 5) is 16.3. The van der Waals surface area contributed by atoms with Crippen molar-refractivity contribution < 1.29 is 9.18 Å². The minimum atomic E-state index is -0.530. The van der Waals surface area contributed by atoms with Gasteiger partial charge in [0.2, 0.25) is 0 Å². The van der Waals surface area contributed by atoms with Gasteiger partial charge in [0.05, 0.1) is 11.4 Å². The lowest BCUT2D eigenvalue weighted by molar-refractivity contribution is 0.262. The van der Waals surface area contributed by atoms with E-state index in [1.807, 2.05) is 32.9 Å². The molecule has 0 aliphatic rings. The number of benzene rings is 1. The van der Waals surface area contributed by atoms with Gasteiger partial charge < -0.3 is 11.1 Å². The Kier molecular flexibility index (Phi) is 6.05. The van der Waals surface area contributed by atoms with Crippen molar-refractivity contribution in [2.24, 2.45) is 7.05 Å². The van der Waals surface area contributed by atoms with E-state index in [4.69, 9.17) is 5.73 Å². The molecule has 0 fully saturated rings. The molecule has 3 rings (SSSR count). The molecule has 8 heteroatoms. The van der Waals surface area contributed by atoms with E-state index in [1.165, 1.54) is 6.07 Å². The Balaban J connectivity index is 1.61. The summed E-state index contributed by atoms with van der Waals surface area (Å²) < 4.78 is 16.1. The first-order valence-electron chi connectivity index (χ1n) is 9.73. The molecule has 2 aromatic heterocycles. The molecule has 30 heavy (non-hydrogen) atoms. The topological polar surface area (TPSA) is 97.9 Å². The number of urea groups is 1. The average molecular weight is 410 g/mol. The lowest BCUT2D eigenvalue weighted by Crippen LogP contribution is -2.21. The van der Waals surface area contributed by atoms with Gasteiger partial charge in [0, 0.05) is 24.7 Å². The van der Waals surface area contributed by atoms with Gasteiger partial charge in [-0.1, -0.05) is 26.8 Å². The maximum Gasteiger partial charge on any atom is 0.324 e. The number of nitrogen functional groups attached to an aromatic ring is 1. The summed E-state index contributed by atoms with van der Waals surface area (Å²) in [7, 11) is 1.75. The van der Waals surface area contributed by atoms with Crippen molar-refractivity contribution in [3.63, 3.8) is 0 Å². The molecule has 0 atom stereocenters. The Labute approximate surface area is 175 Å². The van der Waals surface area contributed by atoms with Gasteiger partial charge in [-0.3, -0.25) is 10.00 Å². The van der Waals surface area contributed by atoms with Gasteiger partial charge in [-0.25, -0.2) is 14.2 Å². The second-order valence-corrected chi connectivity index (χ2v) is 8.27. The van der Waals surface area contributed by atoms with Crippen LogP contribution in [0.15, 0.2) is 42.6 Å². The smallest absolute Gasteiger partial charge is 0.324 e. The van der Waals surface area contributed by atoms with Crippen molar-refractivity contribution in [1.82, 2.24) is 14.8 Å². The number of nitrogens with one attached hydrogen (secondary N) is 2. The van der Waals surface area contributed by atoms with E-state index in [2.05, 4.69) is 20.7 Å². The predicted molar refractivity (Wildman–Crippen MR) is 117 cm³/mol. The third-order valence-electron chi connectivity index (χ3n) is 4.72. The third-order valence-corrected chi connectivity index (χ3v) is 4.72. The van der Waals surface area contributed by atoms with Crippen LogP contribution in [0.2, 0.25) is 0 Å². The van der Waals surface area contributed by atoms with Gasteiger partial charge in [0.1, 0.15) is 17.5 Å². The summed E-state index contributed by atoms with van der Waals surface area (Å²) in [5.41, 5.74) is 8.37. The van der Waals surface area contributed by atoms with Crippen LogP contribution in [0.25, 0.3) is 0 Å². The number of nitrogens with two attached hydrogens (primary N) is 1. The molecule has 158 valence electrons. The van der Waals surface area contributed by atoms with Crippen LogP contribution in [0.5, 0.6) is 0 Å². The Morgan fingerprint density at radius 1 is 1.10 bits per heavy atom. The van der Waals surface area contributed by atoms with Crippen molar-refractivity contribution >= 4 is 23.4 Å². The number of anilines is 3. The van der Waals surface area contributed by atoms with Gasteiger partial charge >= 0.3 is 6.03 Å². The SMILES string of the molecule is Cn1nc(C(C)(C)C)cc1NC(=O)Nc1ccc(CCc2ccnc(N)c2)cc1F. The molecule has 4 N–H and O–H groups in total. The van der Waals surface area contributed by atoms with E-state index in [-0.39, 0.29) is 11.1 Å². The zero-order chi connectivity index (χ0) is 21.9. The zero-order valence-corrected chi connectivity index (χ0v) is 17.7. The van der Waals surface area contributed by atoms with Gasteiger partial charge in [-0.15, -0.1) is 0 Å². The Hall–Kier alpha value is -3.42. The second kappa shape index (κ2) is 8.52. The largest absolute Gasteiger partial charge is 0.384 e. The van der Waals surface area contributed by atoms with Crippen LogP contribution >= 0.6 is 0 Å². The molecule has 0 radical (unpaired) electrons. The Bertz CT molecular complexity index is 1050. The molecule has 0 saturated carbocycles. The number of amides is 2. The van der Waals surface area contributed by atoms with E-state index in [0.717, 1.165) is 23.2 Å². The molecule has 0 spiro atoms. The highest BCUT2D eigenvalue weighted by Gasteiger charge is 2.20. The van der Waals surface area contributed by atoms with Crippen LogP contribution in [-0.4, -0.2) is 20.8 Å². The zero-order valence-electron chi connectivity index (χ0n) is 17.7. The minimum Gasteiger partial charge on any atom is -0.384 e. The number of nitrogens with zero attached hydrogens (tertiary/aromatic N) is 3. The highest BCUT2D eigenvalue weighted by Crippen LogP contribution is 2.24. The van der Waals surface area contributed by atoms with Gasteiger partial charge in [-0.05, 0) is 48.2 Å². The number of rotatable bonds is 5. The summed E-state index contributed by atoms with van der Waals surface area (Å²) in [6.07, 6.45) is 3.02. The van der Waals surface area contributed by atoms with Gasteiger partial charge in [0.15, 0.2) is 0 Å². The number of pyridine rings is 1. The van der Waals surface area contributed by atoms with Crippen LogP contribution in [-0.2, 0) is 25.3 Å². The summed E-state index contributed by atoms with van der Waals surface area (Å²) in [6.45, 7) is 6.12. The maximum atomic E-state index is 14.5. The maximum absolute atomic E-state index is 14.5. The van der Waals surface area contributed by atoms with E-state index in [9.17, 15) is 9.18 Å². The summed E-state index contributed by atoms with van der Waals surface area (Å²) in [6, 6.07) is 9.76. The van der Waals surface area contributed by atoms with E-state index < -0.39 is 11.8 Å². The Morgan fingerprint density at radius 3 is 2.40 bits per heavy atom. The molecule has 0 saturated heterocycles. The van der Waals surface area contributed by atoms with Crippen molar-refractivity contribution in [3.8, 4) is 0 Å². The van der Waals surface area contributed by atoms with E-state index >= 15 is 0 Å². The van der Waals surface area contributed by atoms with E-state index in [1.54, 1.807) is 36.1 Å². The van der Waals surface area contributed by atoms with Crippen LogP contribution in [0.3, 0.4) is 0 Å². The van der Waals surface area contributed by atoms with Gasteiger partial charge in [-0.2, -0.15) is 5.10 Å². The number of aryl methyl sites for hydroxylation is 3. The first-order chi connectivity index (χ1) is 14.1. The van der Waals surface area contributed by atoms with Crippen molar-refractivity contribution in [3.05, 3.63) is 65.2 Å². The van der Waals surface area contributed by atoms with Gasteiger partial charge in [0.25, 0.3) is 0 Å². The minimum absolute atomic E-state index is 0.114. The molecular formula is C22H27FN6O. The Morgan fingerprint density at radius 2 is 1.80 bits per heavy atom. The second-order valence-electron chi connectivity index (χ2n) is 8.27. The summed E-state index contributed by atoms with van der Waals surface area (Å²) in [5.74, 6) is 0.510. The van der Waals surface area contributed by atoms with Crippen molar-refractivity contribution in [2.45, 2.75) is 39.0 Å². The summed E-state index contributed by atoms with van der Waals surface area (Å²) in [5, 5.41) is 9.67. The molecule has 0 unspecified atom stereocenters. The fraction of sp³-hybridized carbons (Fsp3) is 0.318. The number of hydrogen-bond donors (Lipinski definition) is 3. The third kappa shape index (κ3) is 5.34. The molecule has 3 aromatic rings. The molecular weight excluding hydrogens is 383 g/mol. The lowest BCUT2D eigenvalue weighted by atomic mass is 9.92. The molecule has 2 heterocycles. The number of carbonyl (C=O) groups is 1. The molecule has 0 aliphatic heterocycles. The van der Waals surface area contributed by atoms with Crippen LogP contribution in [0, 0.1) is 5.82 Å². The van der Waals surface area contributed by atoms with Crippen molar-refractivity contribution in [1.29, 1.82) is 0 Å². The number of halogens is 1. The van der Waals surface area contributed by atoms with Crippen LogP contribution < -0.4 is 16.4 Å². The quantitative estimate of drug-likeness (QED) is 0.585. The fourth-order valence-electron chi connectivity index (χ4n) is 2.97. The monoisotopic (exact) mass is 410 g/mol. The molecule has 0 bridgehead atoms. The predicted octanol–water partition coefficient (Wildman–Crippen LogP) is 4.26. The first-order valence-corrected chi connectivity index (χ1v) is 9.73. The van der Waals surface area contributed by atoms with Crippen LogP contribution in [0.4, 0.5) is 26.5 Å². The van der Waals surface area contributed by atoms with E-state index in [0.29, 0.717) is 18.1 Å². The summed E-state index contributed by atoms with van der Waals surface area (Å²) >= 11 is 0. The standard InChI is InChI=1S/C22H27FN6O/c1-22(2,3)18-13-20(29(4)28-18)27-21(30)26-17-8-7-14(11-16(17)23)5-6-15-9-10-25-19(24)12-15/h7-13H,5-6H2,1-4H3,(H2,24,25)(H2,26,27,30). The molecule has 0 aliphatic carbocycles. The number of carbonyl (C=O) groups excluding carboxylic acids is 1. The first kappa shape index (κ1) is 21.3. The fourth-order valence-corrected chi connectivity index (χ4v) is 2.97. The molecule has 2 amide bonds. The number of hydrogen-bond acceptors (Lipinski definition) is 4.